The summed E-state index contributed by atoms with van der Waals surface area (Å²) in [5.41, 5.74) is 0.514. The van der Waals surface area contributed by atoms with E-state index in [1.165, 1.54) is 12.4 Å². The molecule has 0 unspecified atom stereocenters. The zero-order valence-corrected chi connectivity index (χ0v) is 8.54. The van der Waals surface area contributed by atoms with Crippen molar-refractivity contribution in [1.82, 2.24) is 9.97 Å². The normalized spacial score (nSPS) is 12.0. The molecule has 0 spiro atoms. The molecule has 0 saturated carbocycles. The molecule has 0 radical (unpaired) electrons. The van der Waals surface area contributed by atoms with Crippen LogP contribution in [-0.2, 0) is 12.6 Å². The maximum absolute atomic E-state index is 12.5. The van der Waals surface area contributed by atoms with Crippen LogP contribution in [0.1, 0.15) is 18.2 Å². The first kappa shape index (κ1) is 10.9. The first-order valence-corrected chi connectivity index (χ1v) is 4.83. The Labute approximate surface area is 90.1 Å². The van der Waals surface area contributed by atoms with Crippen molar-refractivity contribution in [3.63, 3.8) is 0 Å². The topological polar surface area (TPSA) is 25.8 Å². The molecule has 1 aromatic carbocycles. The van der Waals surface area contributed by atoms with Crippen LogP contribution in [0.5, 0.6) is 0 Å². The molecule has 2 aromatic rings. The molecule has 0 aliphatic carbocycles. The van der Waals surface area contributed by atoms with Crippen molar-refractivity contribution in [2.45, 2.75) is 19.5 Å². The zero-order valence-electron chi connectivity index (χ0n) is 8.54. The van der Waals surface area contributed by atoms with Crippen LogP contribution in [0.3, 0.4) is 0 Å². The van der Waals surface area contributed by atoms with Gasteiger partial charge in [0.05, 0.1) is 16.8 Å². The van der Waals surface area contributed by atoms with Gasteiger partial charge in [0.1, 0.15) is 6.33 Å². The number of alkyl halides is 3. The summed E-state index contributed by atoms with van der Waals surface area (Å²) in [4.78, 5) is 7.90. The molecule has 0 aliphatic rings. The van der Waals surface area contributed by atoms with Crippen molar-refractivity contribution in [3.05, 3.63) is 35.8 Å². The molecule has 0 saturated heterocycles. The second-order valence-electron chi connectivity index (χ2n) is 3.40. The highest BCUT2D eigenvalue weighted by Gasteiger charge is 2.30. The summed E-state index contributed by atoms with van der Waals surface area (Å²) in [6.07, 6.45) is -2.37. The summed E-state index contributed by atoms with van der Waals surface area (Å²) in [6.45, 7) is 1.85. The van der Waals surface area contributed by atoms with Gasteiger partial charge in [0, 0.05) is 5.39 Å². The second-order valence-corrected chi connectivity index (χ2v) is 3.40. The van der Waals surface area contributed by atoms with Crippen molar-refractivity contribution in [2.24, 2.45) is 0 Å². The molecule has 0 fully saturated rings. The molecule has 0 amide bonds. The van der Waals surface area contributed by atoms with E-state index in [4.69, 9.17) is 0 Å². The lowest BCUT2D eigenvalue weighted by atomic mass is 10.1. The lowest BCUT2D eigenvalue weighted by molar-refractivity contribution is -0.137. The number of benzene rings is 1. The summed E-state index contributed by atoms with van der Waals surface area (Å²) in [5.74, 6) is 0. The Kier molecular flexibility index (Phi) is 2.53. The summed E-state index contributed by atoms with van der Waals surface area (Å²) in [6, 6.07) is 3.52. The van der Waals surface area contributed by atoms with Gasteiger partial charge in [-0.05, 0) is 24.6 Å². The molecule has 0 atom stereocenters. The number of rotatable bonds is 1. The third kappa shape index (κ3) is 1.85. The SMILES string of the molecule is CCc1ncnc2ccc(C(F)(F)F)cc12. The van der Waals surface area contributed by atoms with Gasteiger partial charge in [-0.2, -0.15) is 13.2 Å². The van der Waals surface area contributed by atoms with Gasteiger partial charge in [-0.25, -0.2) is 9.97 Å². The molecule has 5 heteroatoms. The van der Waals surface area contributed by atoms with Crippen molar-refractivity contribution >= 4 is 10.9 Å². The molecule has 2 nitrogen and oxygen atoms in total. The lowest BCUT2D eigenvalue weighted by Gasteiger charge is -2.08. The van der Waals surface area contributed by atoms with Crippen molar-refractivity contribution in [1.29, 1.82) is 0 Å². The second kappa shape index (κ2) is 3.73. The van der Waals surface area contributed by atoms with E-state index in [2.05, 4.69) is 9.97 Å². The Bertz CT molecular complexity index is 520. The van der Waals surface area contributed by atoms with E-state index in [1.54, 1.807) is 0 Å². The predicted octanol–water partition coefficient (Wildman–Crippen LogP) is 3.21. The van der Waals surface area contributed by atoms with Gasteiger partial charge < -0.3 is 0 Å². The summed E-state index contributed by atoms with van der Waals surface area (Å²) >= 11 is 0. The first-order chi connectivity index (χ1) is 7.52. The highest BCUT2D eigenvalue weighted by atomic mass is 19.4. The van der Waals surface area contributed by atoms with Gasteiger partial charge in [-0.15, -0.1) is 0 Å². The van der Waals surface area contributed by atoms with Crippen LogP contribution in [0.25, 0.3) is 10.9 Å². The van der Waals surface area contributed by atoms with Gasteiger partial charge in [0.15, 0.2) is 0 Å². The van der Waals surface area contributed by atoms with E-state index in [0.717, 1.165) is 12.1 Å². The van der Waals surface area contributed by atoms with Gasteiger partial charge in [-0.1, -0.05) is 6.92 Å². The molecule has 84 valence electrons. The average molecular weight is 226 g/mol. The van der Waals surface area contributed by atoms with E-state index in [9.17, 15) is 13.2 Å². The minimum atomic E-state index is -4.32. The molecular formula is C11H9F3N2. The first-order valence-electron chi connectivity index (χ1n) is 4.83. The fourth-order valence-electron chi connectivity index (χ4n) is 1.57. The van der Waals surface area contributed by atoms with Crippen molar-refractivity contribution < 1.29 is 13.2 Å². The molecule has 0 aliphatic heterocycles. The number of halogens is 3. The summed E-state index contributed by atoms with van der Waals surface area (Å²) in [5, 5.41) is 0.472. The molecule has 0 bridgehead atoms. The molecule has 1 aromatic heterocycles. The number of fused-ring (bicyclic) bond motifs is 1. The van der Waals surface area contributed by atoms with Gasteiger partial charge in [0.2, 0.25) is 0 Å². The molecule has 2 rings (SSSR count). The number of aryl methyl sites for hydroxylation is 1. The maximum Gasteiger partial charge on any atom is 0.416 e. The standard InChI is InChI=1S/C11H9F3N2/c1-2-9-8-5-7(11(12,13)14)3-4-10(8)16-6-15-9/h3-6H,2H2,1H3. The quantitative estimate of drug-likeness (QED) is 0.746. The molecule has 1 heterocycles. The van der Waals surface area contributed by atoms with E-state index >= 15 is 0 Å². The Balaban J connectivity index is 2.68. The van der Waals surface area contributed by atoms with Crippen LogP contribution in [0.15, 0.2) is 24.5 Å². The monoisotopic (exact) mass is 226 g/mol. The van der Waals surface area contributed by atoms with Crippen LogP contribution >= 0.6 is 0 Å². The van der Waals surface area contributed by atoms with Gasteiger partial charge in [0.25, 0.3) is 0 Å². The van der Waals surface area contributed by atoms with Crippen molar-refractivity contribution in [3.8, 4) is 0 Å². The predicted molar refractivity (Wildman–Crippen MR) is 53.9 cm³/mol. The Morgan fingerprint density at radius 3 is 2.56 bits per heavy atom. The highest BCUT2D eigenvalue weighted by Crippen LogP contribution is 2.31. The smallest absolute Gasteiger partial charge is 0.241 e. The van der Waals surface area contributed by atoms with Gasteiger partial charge in [-0.3, -0.25) is 0 Å². The van der Waals surface area contributed by atoms with Crippen LogP contribution in [0, 0.1) is 0 Å². The highest BCUT2D eigenvalue weighted by molar-refractivity contribution is 5.81. The van der Waals surface area contributed by atoms with Crippen LogP contribution < -0.4 is 0 Å². The maximum atomic E-state index is 12.5. The van der Waals surface area contributed by atoms with Crippen LogP contribution in [0.2, 0.25) is 0 Å². The number of hydrogen-bond acceptors (Lipinski definition) is 2. The lowest BCUT2D eigenvalue weighted by Crippen LogP contribution is -2.05. The largest absolute Gasteiger partial charge is 0.416 e. The third-order valence-electron chi connectivity index (χ3n) is 2.38. The van der Waals surface area contributed by atoms with Crippen LogP contribution in [0.4, 0.5) is 13.2 Å². The number of aromatic nitrogens is 2. The Morgan fingerprint density at radius 1 is 1.19 bits per heavy atom. The fourth-order valence-corrected chi connectivity index (χ4v) is 1.57. The Morgan fingerprint density at radius 2 is 1.94 bits per heavy atom. The minimum absolute atomic E-state index is 0.472. The average Bonchev–Trinajstić information content (AvgIpc) is 2.26. The number of nitrogens with zero attached hydrogens (tertiary/aromatic N) is 2. The van der Waals surface area contributed by atoms with E-state index in [1.807, 2.05) is 6.92 Å². The minimum Gasteiger partial charge on any atom is -0.241 e. The zero-order chi connectivity index (χ0) is 11.8. The van der Waals surface area contributed by atoms with Crippen LogP contribution in [-0.4, -0.2) is 9.97 Å². The summed E-state index contributed by atoms with van der Waals surface area (Å²) < 4.78 is 37.5. The summed E-state index contributed by atoms with van der Waals surface area (Å²) in [7, 11) is 0. The Hall–Kier alpha value is -1.65. The van der Waals surface area contributed by atoms with Gasteiger partial charge >= 0.3 is 6.18 Å². The third-order valence-corrected chi connectivity index (χ3v) is 2.38. The molecule has 0 N–H and O–H groups in total. The van der Waals surface area contributed by atoms with E-state index < -0.39 is 11.7 Å². The molecule has 16 heavy (non-hydrogen) atoms. The molecular weight excluding hydrogens is 217 g/mol. The van der Waals surface area contributed by atoms with E-state index in [0.29, 0.717) is 23.0 Å². The van der Waals surface area contributed by atoms with Crippen molar-refractivity contribution in [2.75, 3.05) is 0 Å². The number of hydrogen-bond donors (Lipinski definition) is 0. The van der Waals surface area contributed by atoms with E-state index in [-0.39, 0.29) is 0 Å². The fraction of sp³-hybridized carbons (Fsp3) is 0.273.